The minimum Gasteiger partial charge on any atom is -0.444 e. The van der Waals surface area contributed by atoms with Crippen LogP contribution in [0.25, 0.3) is 0 Å². The number of imide groups is 2. The Labute approximate surface area is 667 Å². The molecule has 0 unspecified atom stereocenters. The number of Topliss-reactive ketones (excluding diaryl/α,β-unsaturated/α-hetero) is 2. The number of rotatable bonds is 14. The number of aliphatic imine (C=N–C) groups is 1. The lowest BCUT2D eigenvalue weighted by Crippen LogP contribution is -2.63. The van der Waals surface area contributed by atoms with E-state index in [1.165, 1.54) is 25.7 Å². The Morgan fingerprint density at radius 3 is 1.25 bits per heavy atom. The summed E-state index contributed by atoms with van der Waals surface area (Å²) in [6.45, 7) is 37.6. The normalized spacial score (nSPS) is 30.2. The molecule has 0 spiro atoms. The number of hydrogen-bond donors (Lipinski definition) is 7. The number of ketones is 2. The van der Waals surface area contributed by atoms with Crippen molar-refractivity contribution in [3.8, 4) is 0 Å². The lowest BCUT2D eigenvalue weighted by atomic mass is 9.80. The van der Waals surface area contributed by atoms with Gasteiger partial charge in [-0.05, 0) is 142 Å². The van der Waals surface area contributed by atoms with E-state index in [2.05, 4.69) is 69.9 Å². The summed E-state index contributed by atoms with van der Waals surface area (Å²) in [4.78, 5) is 205. The Morgan fingerprint density at radius 1 is 0.513 bits per heavy atom. The number of likely N-dealkylation sites (tertiary alicyclic amines) is 2. The van der Waals surface area contributed by atoms with Crippen molar-refractivity contribution in [2.24, 2.45) is 61.2 Å². The topological polar surface area (TPSA) is 393 Å². The SMILES string of the molecule is CC1(C)CC(=O)N(C[C@@H](N=C=O)C(C)(C)C)C(=O)C1.C[C@@H]1OCCCCCCC[C@@H](C(=O)C(=O)NC2CC2)NC(=O)[C@@H]2[C@@H]3[C@H](CN2C(=O)[C@H]1NC(=O)N[C@H](CN1C(=O)CC(C)(C)CC1=O)C(C)(C)C)C3(C)C.C[C@@H]1OCCCCCCC[C@@H](C(=O)C(=O)NC2CC2)NC(=O)[C@@H]2[C@@H]3[C@H](CN2C(=O)[C@H]1NC(=O)OC(C)(C)C)C3(C)C. The van der Waals surface area contributed by atoms with Crippen molar-refractivity contribution >= 4 is 88.8 Å². The van der Waals surface area contributed by atoms with Crippen LogP contribution in [-0.2, 0) is 76.5 Å². The molecule has 10 fully saturated rings. The maximum Gasteiger partial charge on any atom is 0.408 e. The van der Waals surface area contributed by atoms with Crippen LogP contribution in [0.1, 0.15) is 260 Å². The highest BCUT2D eigenvalue weighted by Crippen LogP contribution is 2.66. The summed E-state index contributed by atoms with van der Waals surface area (Å²) < 4.78 is 17.6. The van der Waals surface area contributed by atoms with Gasteiger partial charge in [0.05, 0.1) is 42.9 Å². The van der Waals surface area contributed by atoms with E-state index in [1.807, 2.05) is 69.2 Å². The highest BCUT2D eigenvalue weighted by molar-refractivity contribution is 6.39. The lowest BCUT2D eigenvalue weighted by molar-refractivity contribution is -0.154. The fraction of sp³-hybridized carbons (Fsp3) is 0.819. The Morgan fingerprint density at radius 2 is 0.885 bits per heavy atom. The Balaban J connectivity index is 0.000000235. The number of piperidine rings is 4. The van der Waals surface area contributed by atoms with Crippen LogP contribution < -0.4 is 37.2 Å². The highest BCUT2D eigenvalue weighted by atomic mass is 16.6. The number of nitrogens with one attached hydrogen (secondary N) is 7. The van der Waals surface area contributed by atoms with E-state index in [4.69, 9.17) is 14.2 Å². The predicted octanol–water partition coefficient (Wildman–Crippen LogP) is 7.19. The summed E-state index contributed by atoms with van der Waals surface area (Å²) in [6.07, 6.45) is 12.6. The average Bonchev–Trinajstić information content (AvgIpc) is 1.53. The number of urea groups is 1. The molecule has 4 saturated carbocycles. The minimum atomic E-state index is -1.17. The molecule has 4 aliphatic carbocycles. The van der Waals surface area contributed by atoms with E-state index in [0.717, 1.165) is 77.0 Å². The fourth-order valence-corrected chi connectivity index (χ4v) is 16.8. The van der Waals surface area contributed by atoms with Crippen molar-refractivity contribution in [1.29, 1.82) is 0 Å². The highest BCUT2D eigenvalue weighted by Gasteiger charge is 2.71. The van der Waals surface area contributed by atoms with Gasteiger partial charge in [-0.1, -0.05) is 148 Å². The first-order valence-electron chi connectivity index (χ1n) is 41.4. The van der Waals surface area contributed by atoms with E-state index >= 15 is 0 Å². The molecule has 6 saturated heterocycles. The molecule has 0 aromatic heterocycles. The van der Waals surface area contributed by atoms with Crippen LogP contribution >= 0.6 is 0 Å². The van der Waals surface area contributed by atoms with E-state index < -0.39 is 136 Å². The smallest absolute Gasteiger partial charge is 0.408 e. The molecule has 7 N–H and O–H groups in total. The number of ether oxygens (including phenoxy) is 3. The van der Waals surface area contributed by atoms with Gasteiger partial charge in [0.25, 0.3) is 11.8 Å². The number of carbonyl (C=O) groups excluding carboxylic acids is 15. The zero-order chi connectivity index (χ0) is 84.0. The Hall–Kier alpha value is -7.72. The van der Waals surface area contributed by atoms with Crippen LogP contribution in [-0.4, -0.2) is 226 Å². The van der Waals surface area contributed by atoms with Crippen LogP contribution in [0.5, 0.6) is 0 Å². The van der Waals surface area contributed by atoms with Crippen molar-refractivity contribution in [1.82, 2.24) is 56.8 Å². The third kappa shape index (κ3) is 24.2. The zero-order valence-electron chi connectivity index (χ0n) is 70.7. The van der Waals surface area contributed by atoms with Gasteiger partial charge >= 0.3 is 12.1 Å². The van der Waals surface area contributed by atoms with Gasteiger partial charge in [0.1, 0.15) is 29.8 Å². The van der Waals surface area contributed by atoms with Crippen molar-refractivity contribution in [2.45, 2.75) is 338 Å². The Bertz CT molecular complexity index is 3570. The number of isocyanates is 1. The second-order valence-corrected chi connectivity index (χ2v) is 39.5. The fourth-order valence-electron chi connectivity index (χ4n) is 16.8. The number of carbonyl (C=O) groups is 14. The van der Waals surface area contributed by atoms with Gasteiger partial charge in [-0.15, -0.1) is 0 Å². The third-order valence-corrected chi connectivity index (χ3v) is 24.5. The maximum absolute atomic E-state index is 14.6. The second-order valence-electron chi connectivity index (χ2n) is 39.5. The van der Waals surface area contributed by atoms with Gasteiger partial charge in [0, 0.05) is 70.6 Å². The van der Waals surface area contributed by atoms with Gasteiger partial charge in [-0.3, -0.25) is 67.3 Å². The summed E-state index contributed by atoms with van der Waals surface area (Å²) in [7, 11) is 0. The van der Waals surface area contributed by atoms with Crippen LogP contribution in [0, 0.1) is 56.2 Å². The number of amides is 13. The van der Waals surface area contributed by atoms with E-state index in [0.29, 0.717) is 64.8 Å². The van der Waals surface area contributed by atoms with Gasteiger partial charge < -0.3 is 61.2 Å². The predicted molar refractivity (Wildman–Crippen MR) is 418 cm³/mol. The number of nitrogens with zero attached hydrogens (tertiary/aromatic N) is 5. The molecular weight excluding hydrogens is 1450 g/mol. The first kappa shape index (κ1) is 90.8. The molecule has 30 heteroatoms. The molecule has 0 aromatic rings. The van der Waals surface area contributed by atoms with E-state index in [-0.39, 0.29) is 107 Å². The number of hydrogen-bond acceptors (Lipinski definition) is 19. The van der Waals surface area contributed by atoms with E-state index in [1.54, 1.807) is 34.6 Å². The average molecular weight is 1590 g/mol. The molecule has 14 atom stereocenters. The largest absolute Gasteiger partial charge is 0.444 e. The maximum atomic E-state index is 14.6. The van der Waals surface area contributed by atoms with Crippen LogP contribution in [0.4, 0.5) is 9.59 Å². The van der Waals surface area contributed by atoms with Gasteiger partial charge in [0.15, 0.2) is 0 Å². The van der Waals surface area contributed by atoms with Gasteiger partial charge in [0.2, 0.25) is 64.9 Å². The van der Waals surface area contributed by atoms with E-state index in [9.17, 15) is 71.9 Å². The summed E-state index contributed by atoms with van der Waals surface area (Å²) in [5, 5.41) is 19.7. The molecule has 13 amide bonds. The molecule has 10 rings (SSSR count). The molecule has 0 radical (unpaired) electrons. The first-order valence-corrected chi connectivity index (χ1v) is 41.4. The van der Waals surface area contributed by atoms with Crippen molar-refractivity contribution in [3.05, 3.63) is 0 Å². The molecule has 6 heterocycles. The lowest BCUT2D eigenvalue weighted by Gasteiger charge is -2.40. The quantitative estimate of drug-likeness (QED) is 0.0391. The summed E-state index contributed by atoms with van der Waals surface area (Å²) in [5.74, 6) is -5.54. The Kier molecular flexibility index (Phi) is 29.4. The molecular formula is C83H132N12O18. The minimum absolute atomic E-state index is 0.00371. The molecule has 0 aromatic carbocycles. The van der Waals surface area contributed by atoms with Crippen molar-refractivity contribution in [2.75, 3.05) is 39.4 Å². The number of fused-ring (bicyclic) bond motifs is 6. The zero-order valence-corrected chi connectivity index (χ0v) is 70.7. The third-order valence-electron chi connectivity index (χ3n) is 24.5. The second kappa shape index (κ2) is 36.6. The molecule has 113 heavy (non-hydrogen) atoms. The molecule has 632 valence electrons. The van der Waals surface area contributed by atoms with Crippen molar-refractivity contribution < 1.29 is 86.1 Å². The molecule has 0 bridgehead atoms. The summed E-state index contributed by atoms with van der Waals surface area (Å²) in [6, 6.07) is -7.61. The van der Waals surface area contributed by atoms with Gasteiger partial charge in [-0.2, -0.15) is 0 Å². The first-order chi connectivity index (χ1) is 52.5. The van der Waals surface area contributed by atoms with Crippen molar-refractivity contribution in [3.63, 3.8) is 0 Å². The standard InChI is InChI=1S/C39H62N6O8.C30H48N4O7.C14H22N2O3/c1-22-30(43-36(52)42-26(37(2,3)4)21-44-27(46)18-38(5,6)19-28(44)47)35(51)45-20-24-29(39(24,7)8)31(45)33(49)41-25(14-12-10-9-11-13-17-53-22)32(48)34(50)40-23-15-16-23;1-17-22(33-28(39)41-29(2,3)4)27(38)34-16-19-21(30(19,5)6)23(34)25(36)32-20(12-10-8-7-9-11-15-40-17)24(35)26(37)31-18-13-14-18;1-13(2,3)10(15-9-17)8-16-11(18)6-14(4,5)7-12(16)19/h22-26,29-31H,9-21H2,1-8H3,(H,40,50)(H,41,49)(H2,42,43,52);17-23H,7-16H2,1-6H3,(H,31,37)(H,32,36)(H,33,39);10H,6-8H2,1-5H3/t22-,24-,25-,26+,29-,30-,31-;17-,19-,20-,21-,22-,23-;10-/m001/s1. The molecule has 6 aliphatic heterocycles. The number of alkyl carbamates (subject to hydrolysis) is 1. The van der Waals surface area contributed by atoms with Gasteiger partial charge in [-0.25, -0.2) is 19.4 Å². The van der Waals surface area contributed by atoms with Crippen LogP contribution in [0.3, 0.4) is 0 Å². The van der Waals surface area contributed by atoms with Crippen LogP contribution in [0.2, 0.25) is 0 Å². The molecule has 10 aliphatic rings. The van der Waals surface area contributed by atoms with Crippen LogP contribution in [0.15, 0.2) is 4.99 Å². The monoisotopic (exact) mass is 1580 g/mol. The summed E-state index contributed by atoms with van der Waals surface area (Å²) >= 11 is 0. The summed E-state index contributed by atoms with van der Waals surface area (Å²) in [5.41, 5.74) is -2.71. The molecule has 30 nitrogen and oxygen atoms in total.